The predicted octanol–water partition coefficient (Wildman–Crippen LogP) is 2.19. The molecule has 1 N–H and O–H groups in total. The molecule has 1 aromatic carbocycles. The van der Waals surface area contributed by atoms with E-state index in [9.17, 15) is 4.79 Å². The number of benzene rings is 1. The van der Waals surface area contributed by atoms with Crippen molar-refractivity contribution in [2.45, 2.75) is 32.4 Å². The number of amides is 1. The molecule has 0 unspecified atom stereocenters. The summed E-state index contributed by atoms with van der Waals surface area (Å²) in [5, 5.41) is 6.96. The number of hydrogen-bond acceptors (Lipinski definition) is 7. The molecule has 0 saturated carbocycles. The monoisotopic (exact) mass is 387 g/mol. The van der Waals surface area contributed by atoms with Crippen LogP contribution in [0.5, 0.6) is 11.5 Å². The molecule has 0 spiro atoms. The summed E-state index contributed by atoms with van der Waals surface area (Å²) in [6, 6.07) is 7.81. The van der Waals surface area contributed by atoms with E-state index in [1.54, 1.807) is 6.07 Å². The van der Waals surface area contributed by atoms with Gasteiger partial charge in [0.1, 0.15) is 12.3 Å². The molecule has 0 aliphatic carbocycles. The van der Waals surface area contributed by atoms with Crippen molar-refractivity contribution in [2.24, 2.45) is 0 Å². The van der Waals surface area contributed by atoms with Crippen molar-refractivity contribution in [3.8, 4) is 22.8 Å². The Hall–Kier alpha value is -2.58. The summed E-state index contributed by atoms with van der Waals surface area (Å²) in [4.78, 5) is 14.4. The topological polar surface area (TPSA) is 86.1 Å². The molecule has 1 saturated heterocycles. The number of ether oxygens (including phenoxy) is 3. The Morgan fingerprint density at radius 3 is 3.11 bits per heavy atom. The van der Waals surface area contributed by atoms with Crippen molar-refractivity contribution in [2.75, 3.05) is 33.0 Å². The lowest BCUT2D eigenvalue weighted by atomic mass is 10.1. The maximum absolute atomic E-state index is 12.0. The second-order valence-corrected chi connectivity index (χ2v) is 6.97. The molecular weight excluding hydrogens is 362 g/mol. The Labute approximate surface area is 163 Å². The lowest BCUT2D eigenvalue weighted by molar-refractivity contribution is -0.126. The zero-order valence-electron chi connectivity index (χ0n) is 16.0. The van der Waals surface area contributed by atoms with Gasteiger partial charge in [-0.3, -0.25) is 9.69 Å². The lowest BCUT2D eigenvalue weighted by Gasteiger charge is -2.22. The second-order valence-electron chi connectivity index (χ2n) is 6.97. The van der Waals surface area contributed by atoms with Crippen LogP contribution in [-0.2, 0) is 16.1 Å². The van der Waals surface area contributed by atoms with Crippen LogP contribution in [0.4, 0.5) is 0 Å². The molecule has 8 nitrogen and oxygen atoms in total. The summed E-state index contributed by atoms with van der Waals surface area (Å²) < 4.78 is 21.5. The van der Waals surface area contributed by atoms with Gasteiger partial charge in [-0.05, 0) is 44.1 Å². The van der Waals surface area contributed by atoms with Gasteiger partial charge >= 0.3 is 0 Å². The second kappa shape index (κ2) is 8.62. The zero-order chi connectivity index (χ0) is 19.3. The first-order valence-electron chi connectivity index (χ1n) is 9.67. The SMILES string of the molecule is CCN1CCC[C@@H]1CNC(=O)COCc1cc(-c2ccc3c(c2)OCO3)on1. The molecule has 2 aliphatic rings. The molecule has 1 amide bonds. The molecule has 1 fully saturated rings. The van der Waals surface area contributed by atoms with Crippen molar-refractivity contribution >= 4 is 5.91 Å². The highest BCUT2D eigenvalue weighted by molar-refractivity contribution is 5.77. The number of nitrogens with zero attached hydrogens (tertiary/aromatic N) is 2. The summed E-state index contributed by atoms with van der Waals surface area (Å²) in [6.45, 7) is 5.41. The maximum atomic E-state index is 12.0. The highest BCUT2D eigenvalue weighted by Gasteiger charge is 2.23. The van der Waals surface area contributed by atoms with E-state index < -0.39 is 0 Å². The lowest BCUT2D eigenvalue weighted by Crippen LogP contribution is -2.41. The van der Waals surface area contributed by atoms with Crippen molar-refractivity contribution in [3.63, 3.8) is 0 Å². The molecular formula is C20H25N3O5. The largest absolute Gasteiger partial charge is 0.454 e. The number of carbonyl (C=O) groups is 1. The first-order valence-corrected chi connectivity index (χ1v) is 9.67. The maximum Gasteiger partial charge on any atom is 0.246 e. The minimum atomic E-state index is -0.109. The summed E-state index contributed by atoms with van der Waals surface area (Å²) >= 11 is 0. The van der Waals surface area contributed by atoms with Crippen LogP contribution in [0.25, 0.3) is 11.3 Å². The van der Waals surface area contributed by atoms with E-state index in [0.717, 1.165) is 30.8 Å². The van der Waals surface area contributed by atoms with Crippen molar-refractivity contribution < 1.29 is 23.5 Å². The van der Waals surface area contributed by atoms with Gasteiger partial charge in [0.15, 0.2) is 17.3 Å². The van der Waals surface area contributed by atoms with Crippen LogP contribution < -0.4 is 14.8 Å². The van der Waals surface area contributed by atoms with Crippen LogP contribution in [0.15, 0.2) is 28.8 Å². The van der Waals surface area contributed by atoms with E-state index >= 15 is 0 Å². The summed E-state index contributed by atoms with van der Waals surface area (Å²) in [5.74, 6) is 1.91. The van der Waals surface area contributed by atoms with Gasteiger partial charge in [0, 0.05) is 24.2 Å². The number of hydrogen-bond donors (Lipinski definition) is 1. The average molecular weight is 387 g/mol. The van der Waals surface area contributed by atoms with Crippen LogP contribution in [0, 0.1) is 0 Å². The summed E-state index contributed by atoms with van der Waals surface area (Å²) in [6.07, 6.45) is 2.33. The quantitative estimate of drug-likeness (QED) is 0.743. The fourth-order valence-electron chi connectivity index (χ4n) is 3.64. The normalized spacial score (nSPS) is 18.5. The number of nitrogens with one attached hydrogen (secondary N) is 1. The molecule has 2 aliphatic heterocycles. The molecule has 3 heterocycles. The first kappa shape index (κ1) is 18.8. The van der Waals surface area contributed by atoms with Gasteiger partial charge in [-0.1, -0.05) is 12.1 Å². The molecule has 1 atom stereocenters. The number of carbonyl (C=O) groups excluding carboxylic acids is 1. The fourth-order valence-corrected chi connectivity index (χ4v) is 3.64. The third kappa shape index (κ3) is 4.28. The summed E-state index contributed by atoms with van der Waals surface area (Å²) in [5.41, 5.74) is 1.48. The number of likely N-dealkylation sites (tertiary alicyclic amines) is 1. The molecule has 4 rings (SSSR count). The van der Waals surface area contributed by atoms with Gasteiger partial charge in [0.05, 0.1) is 6.61 Å². The van der Waals surface area contributed by atoms with Crippen LogP contribution in [0.3, 0.4) is 0 Å². The van der Waals surface area contributed by atoms with Gasteiger partial charge in [-0.2, -0.15) is 0 Å². The predicted molar refractivity (Wildman–Crippen MR) is 101 cm³/mol. The van der Waals surface area contributed by atoms with E-state index in [1.165, 1.54) is 6.42 Å². The number of aromatic nitrogens is 1. The number of fused-ring (bicyclic) bond motifs is 1. The van der Waals surface area contributed by atoms with Crippen molar-refractivity contribution in [1.82, 2.24) is 15.4 Å². The van der Waals surface area contributed by atoms with Crippen LogP contribution in [0.1, 0.15) is 25.5 Å². The number of likely N-dealkylation sites (N-methyl/N-ethyl adjacent to an activating group) is 1. The Bertz CT molecular complexity index is 822. The van der Waals surface area contributed by atoms with Gasteiger partial charge in [0.25, 0.3) is 0 Å². The van der Waals surface area contributed by atoms with Crippen LogP contribution in [-0.4, -0.2) is 55.0 Å². The van der Waals surface area contributed by atoms with Crippen LogP contribution >= 0.6 is 0 Å². The Morgan fingerprint density at radius 1 is 1.32 bits per heavy atom. The van der Waals surface area contributed by atoms with E-state index in [-0.39, 0.29) is 25.9 Å². The molecule has 28 heavy (non-hydrogen) atoms. The van der Waals surface area contributed by atoms with Gasteiger partial charge in [-0.25, -0.2) is 0 Å². The van der Waals surface area contributed by atoms with E-state index in [4.69, 9.17) is 18.7 Å². The zero-order valence-corrected chi connectivity index (χ0v) is 16.0. The van der Waals surface area contributed by atoms with E-state index in [1.807, 2.05) is 18.2 Å². The standard InChI is InChI=1S/C20H25N3O5/c1-2-23-7-3-4-16(23)10-21-20(24)12-25-11-15-9-18(28-22-15)14-5-6-17-19(8-14)27-13-26-17/h5-6,8-9,16H,2-4,7,10-13H2,1H3,(H,21,24)/t16-/m1/s1. The molecule has 150 valence electrons. The molecule has 0 bridgehead atoms. The highest BCUT2D eigenvalue weighted by Crippen LogP contribution is 2.36. The highest BCUT2D eigenvalue weighted by atomic mass is 16.7. The van der Waals surface area contributed by atoms with Gasteiger partial charge in [-0.15, -0.1) is 0 Å². The van der Waals surface area contributed by atoms with Crippen molar-refractivity contribution in [1.29, 1.82) is 0 Å². The van der Waals surface area contributed by atoms with Gasteiger partial charge in [0.2, 0.25) is 12.7 Å². The third-order valence-electron chi connectivity index (χ3n) is 5.14. The fraction of sp³-hybridized carbons (Fsp3) is 0.500. The average Bonchev–Trinajstić information content (AvgIpc) is 3.45. The van der Waals surface area contributed by atoms with Crippen LogP contribution in [0.2, 0.25) is 0 Å². The van der Waals surface area contributed by atoms with E-state index in [2.05, 4.69) is 22.3 Å². The minimum absolute atomic E-state index is 0.00502. The molecule has 0 radical (unpaired) electrons. The third-order valence-corrected chi connectivity index (χ3v) is 5.14. The molecule has 8 heteroatoms. The van der Waals surface area contributed by atoms with Crippen molar-refractivity contribution in [3.05, 3.63) is 30.0 Å². The van der Waals surface area contributed by atoms with Gasteiger partial charge < -0.3 is 24.1 Å². The molecule has 2 aromatic rings. The Balaban J connectivity index is 1.22. The molecule has 1 aromatic heterocycles. The minimum Gasteiger partial charge on any atom is -0.454 e. The Morgan fingerprint density at radius 2 is 2.21 bits per heavy atom. The Kier molecular flexibility index (Phi) is 5.78. The smallest absolute Gasteiger partial charge is 0.246 e. The first-order chi connectivity index (χ1) is 13.7. The summed E-state index contributed by atoms with van der Waals surface area (Å²) in [7, 11) is 0. The van der Waals surface area contributed by atoms with E-state index in [0.29, 0.717) is 29.8 Å². The number of rotatable bonds is 8.